The van der Waals surface area contributed by atoms with Gasteiger partial charge in [-0.25, -0.2) is 9.78 Å². The van der Waals surface area contributed by atoms with E-state index in [9.17, 15) is 4.79 Å². The molecule has 0 radical (unpaired) electrons. The summed E-state index contributed by atoms with van der Waals surface area (Å²) in [5.74, 6) is 0.509. The predicted molar refractivity (Wildman–Crippen MR) is 83.8 cm³/mol. The van der Waals surface area contributed by atoms with E-state index in [1.807, 2.05) is 61.5 Å². The Morgan fingerprint density at radius 1 is 1.19 bits per heavy atom. The van der Waals surface area contributed by atoms with Gasteiger partial charge in [0.15, 0.2) is 0 Å². The van der Waals surface area contributed by atoms with E-state index in [0.717, 1.165) is 16.9 Å². The molecule has 0 unspecified atom stereocenters. The number of nitrogens with zero attached hydrogens (tertiary/aromatic N) is 2. The number of aromatic nitrogens is 1. The van der Waals surface area contributed by atoms with Crippen molar-refractivity contribution in [3.8, 4) is 0 Å². The molecule has 2 rings (SSSR count). The van der Waals surface area contributed by atoms with Crippen LogP contribution in [0.1, 0.15) is 11.1 Å². The minimum absolute atomic E-state index is 0.280. The lowest BCUT2D eigenvalue weighted by Crippen LogP contribution is -2.10. The summed E-state index contributed by atoms with van der Waals surface area (Å²) in [5.41, 5.74) is 1.83. The van der Waals surface area contributed by atoms with Gasteiger partial charge in [-0.15, -0.1) is 0 Å². The molecule has 0 N–H and O–H groups in total. The van der Waals surface area contributed by atoms with Crippen LogP contribution >= 0.6 is 0 Å². The summed E-state index contributed by atoms with van der Waals surface area (Å²) in [5, 5.41) is 0. The molecular weight excluding hydrogens is 264 g/mol. The molecule has 0 atom stereocenters. The van der Waals surface area contributed by atoms with Crippen molar-refractivity contribution in [3.05, 3.63) is 65.9 Å². The molecule has 0 saturated heterocycles. The third-order valence-corrected chi connectivity index (χ3v) is 2.86. The molecule has 0 aliphatic heterocycles. The lowest BCUT2D eigenvalue weighted by molar-refractivity contribution is -0.138. The maximum Gasteiger partial charge on any atom is 0.331 e. The fourth-order valence-electron chi connectivity index (χ4n) is 1.70. The van der Waals surface area contributed by atoms with Crippen molar-refractivity contribution >= 4 is 17.9 Å². The van der Waals surface area contributed by atoms with Gasteiger partial charge in [0.1, 0.15) is 12.4 Å². The summed E-state index contributed by atoms with van der Waals surface area (Å²) in [6, 6.07) is 13.4. The number of rotatable bonds is 5. The van der Waals surface area contributed by atoms with Crippen molar-refractivity contribution in [2.75, 3.05) is 19.0 Å². The lowest BCUT2D eigenvalue weighted by Gasteiger charge is -2.10. The van der Waals surface area contributed by atoms with Gasteiger partial charge < -0.3 is 9.64 Å². The van der Waals surface area contributed by atoms with Crippen LogP contribution in [-0.2, 0) is 16.1 Å². The van der Waals surface area contributed by atoms with Crippen LogP contribution in [0, 0.1) is 0 Å². The highest BCUT2D eigenvalue weighted by Crippen LogP contribution is 2.09. The molecule has 21 heavy (non-hydrogen) atoms. The van der Waals surface area contributed by atoms with Gasteiger partial charge in [0, 0.05) is 26.4 Å². The van der Waals surface area contributed by atoms with Gasteiger partial charge in [0.2, 0.25) is 0 Å². The first-order chi connectivity index (χ1) is 10.1. The van der Waals surface area contributed by atoms with Gasteiger partial charge in [-0.3, -0.25) is 0 Å². The number of carbonyl (C=O) groups excluding carboxylic acids is 1. The highest BCUT2D eigenvalue weighted by Gasteiger charge is 1.99. The van der Waals surface area contributed by atoms with Crippen molar-refractivity contribution in [3.63, 3.8) is 0 Å². The van der Waals surface area contributed by atoms with Gasteiger partial charge in [-0.05, 0) is 29.3 Å². The van der Waals surface area contributed by atoms with Crippen molar-refractivity contribution in [1.29, 1.82) is 0 Å². The summed E-state index contributed by atoms with van der Waals surface area (Å²) in [7, 11) is 3.86. The van der Waals surface area contributed by atoms with Crippen LogP contribution in [0.3, 0.4) is 0 Å². The first-order valence-corrected chi connectivity index (χ1v) is 6.67. The summed E-state index contributed by atoms with van der Waals surface area (Å²) >= 11 is 0. The molecule has 4 heteroatoms. The molecule has 0 amide bonds. The molecule has 0 bridgehead atoms. The maximum atomic E-state index is 11.6. The fourth-order valence-corrected chi connectivity index (χ4v) is 1.70. The molecule has 108 valence electrons. The van der Waals surface area contributed by atoms with E-state index >= 15 is 0 Å². The second-order valence-corrected chi connectivity index (χ2v) is 4.77. The van der Waals surface area contributed by atoms with Gasteiger partial charge in [0.25, 0.3) is 0 Å². The Balaban J connectivity index is 1.87. The standard InChI is InChI=1S/C17H18N2O2/c1-19(2)16-10-8-14(12-18-16)9-11-17(20)21-13-15-6-4-3-5-7-15/h3-12H,13H2,1-2H3. The van der Waals surface area contributed by atoms with E-state index in [2.05, 4.69) is 4.98 Å². The molecule has 1 aromatic carbocycles. The lowest BCUT2D eigenvalue weighted by atomic mass is 10.2. The van der Waals surface area contributed by atoms with Crippen LogP contribution in [0.4, 0.5) is 5.82 Å². The Bertz CT molecular complexity index is 604. The molecule has 0 aliphatic carbocycles. The second-order valence-electron chi connectivity index (χ2n) is 4.77. The Kier molecular flexibility index (Phi) is 5.10. The molecule has 4 nitrogen and oxygen atoms in total. The van der Waals surface area contributed by atoms with E-state index < -0.39 is 0 Å². The Morgan fingerprint density at radius 3 is 2.57 bits per heavy atom. The van der Waals surface area contributed by atoms with Gasteiger partial charge >= 0.3 is 5.97 Å². The van der Waals surface area contributed by atoms with Crippen LogP contribution in [0.15, 0.2) is 54.7 Å². The van der Waals surface area contributed by atoms with E-state index in [1.165, 1.54) is 6.08 Å². The Morgan fingerprint density at radius 2 is 1.95 bits per heavy atom. The molecule has 1 aromatic heterocycles. The number of hydrogen-bond acceptors (Lipinski definition) is 4. The molecule has 0 fully saturated rings. The number of carbonyl (C=O) groups is 1. The molecule has 1 heterocycles. The van der Waals surface area contributed by atoms with Crippen molar-refractivity contribution in [2.45, 2.75) is 6.61 Å². The monoisotopic (exact) mass is 282 g/mol. The van der Waals surface area contributed by atoms with E-state index in [0.29, 0.717) is 0 Å². The average Bonchev–Trinajstić information content (AvgIpc) is 2.52. The zero-order valence-electron chi connectivity index (χ0n) is 12.2. The summed E-state index contributed by atoms with van der Waals surface area (Å²) < 4.78 is 5.16. The second kappa shape index (κ2) is 7.24. The van der Waals surface area contributed by atoms with E-state index in [1.54, 1.807) is 12.3 Å². The summed E-state index contributed by atoms with van der Waals surface area (Å²) in [6.07, 6.45) is 4.82. The summed E-state index contributed by atoms with van der Waals surface area (Å²) in [4.78, 5) is 17.8. The Labute approximate surface area is 124 Å². The molecule has 0 saturated carbocycles. The number of benzene rings is 1. The average molecular weight is 282 g/mol. The van der Waals surface area contributed by atoms with Crippen molar-refractivity contribution < 1.29 is 9.53 Å². The Hall–Kier alpha value is -2.62. The number of hydrogen-bond donors (Lipinski definition) is 0. The predicted octanol–water partition coefficient (Wildman–Crippen LogP) is 2.90. The van der Waals surface area contributed by atoms with Gasteiger partial charge in [0.05, 0.1) is 0 Å². The molecular formula is C17H18N2O2. The van der Waals surface area contributed by atoms with Crippen LogP contribution in [0.5, 0.6) is 0 Å². The van der Waals surface area contributed by atoms with Crippen LogP contribution in [0.2, 0.25) is 0 Å². The first-order valence-electron chi connectivity index (χ1n) is 6.67. The third-order valence-electron chi connectivity index (χ3n) is 2.86. The minimum atomic E-state index is -0.365. The normalized spacial score (nSPS) is 10.6. The first kappa shape index (κ1) is 14.8. The zero-order chi connectivity index (χ0) is 15.1. The molecule has 0 aliphatic rings. The quantitative estimate of drug-likeness (QED) is 0.624. The smallest absolute Gasteiger partial charge is 0.331 e. The largest absolute Gasteiger partial charge is 0.458 e. The van der Waals surface area contributed by atoms with Crippen LogP contribution in [0.25, 0.3) is 6.08 Å². The summed E-state index contributed by atoms with van der Waals surface area (Å²) in [6.45, 7) is 0.280. The van der Waals surface area contributed by atoms with Crippen molar-refractivity contribution in [1.82, 2.24) is 4.98 Å². The number of anilines is 1. The molecule has 0 spiro atoms. The molecule has 2 aromatic rings. The third kappa shape index (κ3) is 4.76. The highest BCUT2D eigenvalue weighted by molar-refractivity contribution is 5.87. The number of pyridine rings is 1. The topological polar surface area (TPSA) is 42.4 Å². The minimum Gasteiger partial charge on any atom is -0.458 e. The number of esters is 1. The SMILES string of the molecule is CN(C)c1ccc(C=CC(=O)OCc2ccccc2)cn1. The van der Waals surface area contributed by atoms with Crippen molar-refractivity contribution in [2.24, 2.45) is 0 Å². The van der Waals surface area contributed by atoms with E-state index in [4.69, 9.17) is 4.74 Å². The maximum absolute atomic E-state index is 11.6. The van der Waals surface area contributed by atoms with Gasteiger partial charge in [-0.2, -0.15) is 0 Å². The fraction of sp³-hybridized carbons (Fsp3) is 0.176. The van der Waals surface area contributed by atoms with Crippen LogP contribution in [-0.4, -0.2) is 25.0 Å². The van der Waals surface area contributed by atoms with E-state index in [-0.39, 0.29) is 12.6 Å². The number of ether oxygens (including phenoxy) is 1. The highest BCUT2D eigenvalue weighted by atomic mass is 16.5. The zero-order valence-corrected chi connectivity index (χ0v) is 12.2. The van der Waals surface area contributed by atoms with Crippen LogP contribution < -0.4 is 4.90 Å². The van der Waals surface area contributed by atoms with Gasteiger partial charge in [-0.1, -0.05) is 30.3 Å².